The number of nitrogens with one attached hydrogen (secondary N) is 1. The number of rotatable bonds is 8. The Hall–Kier alpha value is -3.81. The van der Waals surface area contributed by atoms with E-state index in [0.29, 0.717) is 37.4 Å². The van der Waals surface area contributed by atoms with E-state index in [2.05, 4.69) is 24.3 Å². The molecule has 1 aromatic heterocycles. The van der Waals surface area contributed by atoms with Crippen molar-refractivity contribution in [2.24, 2.45) is 5.92 Å². The standard InChI is InChI=1S/C28H33N3O5/c1-17(2)27(21-8-12-24-25(16-21)36-15-14-35-24)29-28(33)20-6-9-22(10-7-20)31-19(4)23(18(3)30-31)11-13-26(32)34-5/h6-10,12,16-17,27H,11,13-15H2,1-5H3,(H,29,33). The molecule has 3 aromatic rings. The van der Waals surface area contributed by atoms with Crippen LogP contribution in [-0.4, -0.2) is 42.0 Å². The second kappa shape index (κ2) is 10.8. The Balaban J connectivity index is 1.49. The lowest BCUT2D eigenvalue weighted by atomic mass is 9.95. The molecular formula is C28H33N3O5. The van der Waals surface area contributed by atoms with Crippen molar-refractivity contribution in [1.29, 1.82) is 0 Å². The van der Waals surface area contributed by atoms with Gasteiger partial charge in [-0.2, -0.15) is 5.10 Å². The minimum atomic E-state index is -0.243. The summed E-state index contributed by atoms with van der Waals surface area (Å²) in [5, 5.41) is 7.82. The largest absolute Gasteiger partial charge is 0.486 e. The SMILES string of the molecule is COC(=O)CCc1c(C)nn(-c2ccc(C(=O)NC(c3ccc4c(c3)OCCO4)C(C)C)cc2)c1C. The lowest BCUT2D eigenvalue weighted by Gasteiger charge is -2.25. The molecule has 36 heavy (non-hydrogen) atoms. The van der Waals surface area contributed by atoms with Gasteiger partial charge in [0.2, 0.25) is 0 Å². The van der Waals surface area contributed by atoms with Crippen molar-refractivity contribution >= 4 is 11.9 Å². The Morgan fingerprint density at radius 1 is 1.06 bits per heavy atom. The fraction of sp³-hybridized carbons (Fsp3) is 0.393. The molecule has 1 atom stereocenters. The van der Waals surface area contributed by atoms with E-state index in [1.165, 1.54) is 7.11 Å². The molecule has 0 saturated heterocycles. The van der Waals surface area contributed by atoms with Crippen molar-refractivity contribution < 1.29 is 23.8 Å². The van der Waals surface area contributed by atoms with Gasteiger partial charge in [0.15, 0.2) is 11.5 Å². The molecule has 1 unspecified atom stereocenters. The van der Waals surface area contributed by atoms with Gasteiger partial charge in [0.1, 0.15) is 13.2 Å². The van der Waals surface area contributed by atoms with E-state index in [-0.39, 0.29) is 23.8 Å². The topological polar surface area (TPSA) is 91.7 Å². The van der Waals surface area contributed by atoms with Gasteiger partial charge in [-0.15, -0.1) is 0 Å². The van der Waals surface area contributed by atoms with Gasteiger partial charge in [0.25, 0.3) is 5.91 Å². The highest BCUT2D eigenvalue weighted by atomic mass is 16.6. The zero-order valence-electron chi connectivity index (χ0n) is 21.5. The summed E-state index contributed by atoms with van der Waals surface area (Å²) in [4.78, 5) is 24.7. The van der Waals surface area contributed by atoms with E-state index in [0.717, 1.165) is 34.0 Å². The Bertz CT molecular complexity index is 1250. The monoisotopic (exact) mass is 491 g/mol. The van der Waals surface area contributed by atoms with Crippen LogP contribution in [0.2, 0.25) is 0 Å². The van der Waals surface area contributed by atoms with E-state index < -0.39 is 0 Å². The Morgan fingerprint density at radius 3 is 2.42 bits per heavy atom. The summed E-state index contributed by atoms with van der Waals surface area (Å²) in [5.74, 6) is 1.22. The van der Waals surface area contributed by atoms with Gasteiger partial charge >= 0.3 is 5.97 Å². The highest BCUT2D eigenvalue weighted by molar-refractivity contribution is 5.94. The van der Waals surface area contributed by atoms with Gasteiger partial charge in [-0.05, 0) is 73.7 Å². The molecule has 1 amide bonds. The van der Waals surface area contributed by atoms with Crippen LogP contribution in [0.3, 0.4) is 0 Å². The summed E-state index contributed by atoms with van der Waals surface area (Å²) in [6.45, 7) is 9.12. The van der Waals surface area contributed by atoms with Gasteiger partial charge < -0.3 is 19.5 Å². The number of hydrogen-bond acceptors (Lipinski definition) is 6. The molecule has 1 aliphatic heterocycles. The summed E-state index contributed by atoms with van der Waals surface area (Å²) in [7, 11) is 1.39. The summed E-state index contributed by atoms with van der Waals surface area (Å²) in [5.41, 5.74) is 5.25. The maximum absolute atomic E-state index is 13.1. The molecule has 8 nitrogen and oxygen atoms in total. The van der Waals surface area contributed by atoms with Crippen LogP contribution in [0.15, 0.2) is 42.5 Å². The number of nitrogens with zero attached hydrogens (tertiary/aromatic N) is 2. The predicted molar refractivity (Wildman–Crippen MR) is 136 cm³/mol. The van der Waals surface area contributed by atoms with Crippen molar-refractivity contribution in [2.45, 2.75) is 46.6 Å². The van der Waals surface area contributed by atoms with Crippen LogP contribution in [0.25, 0.3) is 5.69 Å². The second-order valence-corrected chi connectivity index (χ2v) is 9.28. The number of fused-ring (bicyclic) bond motifs is 1. The zero-order chi connectivity index (χ0) is 25.8. The molecule has 4 rings (SSSR count). The minimum absolute atomic E-state index is 0.151. The van der Waals surface area contributed by atoms with Crippen molar-refractivity contribution in [3.63, 3.8) is 0 Å². The number of ether oxygens (including phenoxy) is 3. The van der Waals surface area contributed by atoms with Crippen molar-refractivity contribution in [1.82, 2.24) is 15.1 Å². The number of esters is 1. The van der Waals surface area contributed by atoms with Gasteiger partial charge in [0.05, 0.1) is 24.5 Å². The highest BCUT2D eigenvalue weighted by Gasteiger charge is 2.22. The third-order valence-corrected chi connectivity index (χ3v) is 6.50. The number of benzene rings is 2. The zero-order valence-corrected chi connectivity index (χ0v) is 21.5. The average molecular weight is 492 g/mol. The first kappa shape index (κ1) is 25.3. The second-order valence-electron chi connectivity index (χ2n) is 9.28. The molecular weight excluding hydrogens is 458 g/mol. The van der Waals surface area contributed by atoms with Crippen molar-refractivity contribution in [2.75, 3.05) is 20.3 Å². The number of methoxy groups -OCH3 is 1. The fourth-order valence-corrected chi connectivity index (χ4v) is 4.48. The smallest absolute Gasteiger partial charge is 0.305 e. The fourth-order valence-electron chi connectivity index (χ4n) is 4.48. The molecule has 2 aromatic carbocycles. The first-order valence-electron chi connectivity index (χ1n) is 12.2. The van der Waals surface area contributed by atoms with E-state index in [1.807, 2.05) is 48.9 Å². The number of amides is 1. The normalized spacial score (nSPS) is 13.4. The molecule has 0 fully saturated rings. The van der Waals surface area contributed by atoms with Gasteiger partial charge in [-0.1, -0.05) is 19.9 Å². The Kier molecular flexibility index (Phi) is 7.62. The molecule has 8 heteroatoms. The number of aryl methyl sites for hydroxylation is 1. The van der Waals surface area contributed by atoms with Gasteiger partial charge in [-0.25, -0.2) is 4.68 Å². The van der Waals surface area contributed by atoms with Crippen LogP contribution in [0.4, 0.5) is 0 Å². The molecule has 1 N–H and O–H groups in total. The van der Waals surface area contributed by atoms with Crippen molar-refractivity contribution in [3.05, 3.63) is 70.5 Å². The molecule has 2 heterocycles. The molecule has 190 valence electrons. The van der Waals surface area contributed by atoms with E-state index >= 15 is 0 Å². The van der Waals surface area contributed by atoms with E-state index in [1.54, 1.807) is 12.1 Å². The quantitative estimate of drug-likeness (QED) is 0.467. The van der Waals surface area contributed by atoms with Gasteiger partial charge in [-0.3, -0.25) is 9.59 Å². The molecule has 0 saturated carbocycles. The van der Waals surface area contributed by atoms with Crippen LogP contribution in [0, 0.1) is 19.8 Å². The van der Waals surface area contributed by atoms with Crippen LogP contribution in [0.5, 0.6) is 11.5 Å². The highest BCUT2D eigenvalue weighted by Crippen LogP contribution is 2.34. The summed E-state index contributed by atoms with van der Waals surface area (Å²) in [6, 6.07) is 13.0. The van der Waals surface area contributed by atoms with Crippen molar-refractivity contribution in [3.8, 4) is 17.2 Å². The third kappa shape index (κ3) is 5.37. The summed E-state index contributed by atoms with van der Waals surface area (Å²) in [6.07, 6.45) is 0.880. The Morgan fingerprint density at radius 2 is 1.75 bits per heavy atom. The van der Waals surface area contributed by atoms with E-state index in [9.17, 15) is 9.59 Å². The molecule has 1 aliphatic rings. The number of carbonyl (C=O) groups excluding carboxylic acids is 2. The first-order chi connectivity index (χ1) is 17.3. The first-order valence-corrected chi connectivity index (χ1v) is 12.2. The minimum Gasteiger partial charge on any atom is -0.486 e. The van der Waals surface area contributed by atoms with Gasteiger partial charge in [0, 0.05) is 17.7 Å². The van der Waals surface area contributed by atoms with Crippen LogP contribution in [-0.2, 0) is 16.0 Å². The molecule has 0 spiro atoms. The van der Waals surface area contributed by atoms with Crippen LogP contribution < -0.4 is 14.8 Å². The van der Waals surface area contributed by atoms with Crippen LogP contribution >= 0.6 is 0 Å². The summed E-state index contributed by atoms with van der Waals surface area (Å²) < 4.78 is 17.9. The lowest BCUT2D eigenvalue weighted by Crippen LogP contribution is -2.32. The van der Waals surface area contributed by atoms with E-state index in [4.69, 9.17) is 14.2 Å². The summed E-state index contributed by atoms with van der Waals surface area (Å²) >= 11 is 0. The molecule has 0 aliphatic carbocycles. The third-order valence-electron chi connectivity index (χ3n) is 6.50. The lowest BCUT2D eigenvalue weighted by molar-refractivity contribution is -0.140. The molecule has 0 radical (unpaired) electrons. The van der Waals surface area contributed by atoms with Crippen LogP contribution in [0.1, 0.15) is 59.2 Å². The number of aromatic nitrogens is 2. The Labute approximate surface area is 211 Å². The number of carbonyl (C=O) groups is 2. The molecule has 0 bridgehead atoms. The average Bonchev–Trinajstić information content (AvgIpc) is 3.18. The maximum Gasteiger partial charge on any atom is 0.305 e. The predicted octanol–water partition coefficient (Wildman–Crippen LogP) is 4.49. The maximum atomic E-state index is 13.1. The number of hydrogen-bond donors (Lipinski definition) is 1.